The lowest BCUT2D eigenvalue weighted by Gasteiger charge is -2.18. The van der Waals surface area contributed by atoms with Crippen LogP contribution in [0, 0.1) is 0 Å². The van der Waals surface area contributed by atoms with Gasteiger partial charge in [0.1, 0.15) is 6.61 Å². The number of hydrogen-bond acceptors (Lipinski definition) is 5. The fraction of sp³-hybridized carbons (Fsp3) is 0.763. The fourth-order valence-corrected chi connectivity index (χ4v) is 7.61. The third-order valence-corrected chi connectivity index (χ3v) is 11.7. The lowest BCUT2D eigenvalue weighted by molar-refractivity contribution is -0.163. The molecule has 0 radical (unpaired) electrons. The number of esters is 2. The molecule has 0 aliphatic heterocycles. The van der Waals surface area contributed by atoms with E-state index < -0.39 is 6.10 Å². The van der Waals surface area contributed by atoms with Gasteiger partial charge in [0.25, 0.3) is 0 Å². The largest absolute Gasteiger partial charge is 0.462 e. The topological polar surface area (TPSA) is 61.8 Å². The second-order valence-corrected chi connectivity index (χ2v) is 18.1. The van der Waals surface area contributed by atoms with Gasteiger partial charge < -0.3 is 14.2 Å². The van der Waals surface area contributed by atoms with Crippen molar-refractivity contribution < 1.29 is 23.8 Å². The molecule has 0 aromatic rings. The maximum absolute atomic E-state index is 12.8. The number of carbonyl (C=O) groups is 2. The van der Waals surface area contributed by atoms with E-state index in [0.717, 1.165) is 77.0 Å². The summed E-state index contributed by atoms with van der Waals surface area (Å²) in [6.07, 6.45) is 70.6. The summed E-state index contributed by atoms with van der Waals surface area (Å²) in [5.41, 5.74) is 0. The molecule has 0 rings (SSSR count). The van der Waals surface area contributed by atoms with Gasteiger partial charge in [0.2, 0.25) is 0 Å². The lowest BCUT2D eigenvalue weighted by atomic mass is 10.1. The molecule has 1 unspecified atom stereocenters. The Bertz CT molecular complexity index is 1150. The number of unbranched alkanes of at least 4 members (excludes halogenated alkanes) is 27. The van der Waals surface area contributed by atoms with Crippen LogP contribution >= 0.6 is 0 Å². The molecule has 0 heterocycles. The molecular formula is C59H104O5. The molecule has 0 saturated heterocycles. The first-order valence-electron chi connectivity index (χ1n) is 27.5. The molecule has 0 amide bonds. The summed E-state index contributed by atoms with van der Waals surface area (Å²) in [4.78, 5) is 25.4. The highest BCUT2D eigenvalue weighted by Gasteiger charge is 2.17. The predicted molar refractivity (Wildman–Crippen MR) is 279 cm³/mol. The summed E-state index contributed by atoms with van der Waals surface area (Å²) in [6.45, 7) is 7.66. The van der Waals surface area contributed by atoms with Crippen molar-refractivity contribution in [2.75, 3.05) is 19.8 Å². The molecule has 5 nitrogen and oxygen atoms in total. The minimum absolute atomic E-state index is 0.0628. The summed E-state index contributed by atoms with van der Waals surface area (Å²) in [5.74, 6) is -0.448. The van der Waals surface area contributed by atoms with Crippen LogP contribution < -0.4 is 0 Å². The zero-order valence-electron chi connectivity index (χ0n) is 42.5. The van der Waals surface area contributed by atoms with E-state index in [1.807, 2.05) is 0 Å². The minimum Gasteiger partial charge on any atom is -0.462 e. The lowest BCUT2D eigenvalue weighted by Crippen LogP contribution is -2.30. The van der Waals surface area contributed by atoms with Crippen LogP contribution in [0.2, 0.25) is 0 Å². The second-order valence-electron chi connectivity index (χ2n) is 18.1. The van der Waals surface area contributed by atoms with Gasteiger partial charge in [0.15, 0.2) is 6.10 Å². The van der Waals surface area contributed by atoms with E-state index in [0.29, 0.717) is 19.4 Å². The summed E-state index contributed by atoms with van der Waals surface area (Å²) in [7, 11) is 0. The van der Waals surface area contributed by atoms with Crippen molar-refractivity contribution in [1.82, 2.24) is 0 Å². The van der Waals surface area contributed by atoms with Crippen LogP contribution in [0.5, 0.6) is 0 Å². The zero-order valence-corrected chi connectivity index (χ0v) is 42.5. The molecule has 0 bridgehead atoms. The van der Waals surface area contributed by atoms with Crippen LogP contribution in [0.1, 0.15) is 265 Å². The first kappa shape index (κ1) is 61.3. The van der Waals surface area contributed by atoms with E-state index in [4.69, 9.17) is 14.2 Å². The highest BCUT2D eigenvalue weighted by atomic mass is 16.6. The van der Waals surface area contributed by atoms with Gasteiger partial charge in [-0.15, -0.1) is 0 Å². The van der Waals surface area contributed by atoms with Crippen molar-refractivity contribution in [3.63, 3.8) is 0 Å². The van der Waals surface area contributed by atoms with Gasteiger partial charge in [-0.25, -0.2) is 0 Å². The molecule has 0 spiro atoms. The maximum Gasteiger partial charge on any atom is 0.306 e. The van der Waals surface area contributed by atoms with Crippen LogP contribution in [0.4, 0.5) is 0 Å². The number of carbonyl (C=O) groups excluding carboxylic acids is 2. The smallest absolute Gasteiger partial charge is 0.306 e. The van der Waals surface area contributed by atoms with E-state index in [1.54, 1.807) is 0 Å². The molecule has 64 heavy (non-hydrogen) atoms. The Morgan fingerprint density at radius 3 is 1.17 bits per heavy atom. The van der Waals surface area contributed by atoms with Gasteiger partial charge in [-0.05, 0) is 109 Å². The molecular weight excluding hydrogens is 789 g/mol. The molecule has 0 N–H and O–H groups in total. The Labute approximate surface area is 397 Å². The number of ether oxygens (including phenoxy) is 3. The first-order valence-corrected chi connectivity index (χ1v) is 27.5. The number of allylic oxidation sites excluding steroid dienone is 12. The van der Waals surface area contributed by atoms with Gasteiger partial charge in [-0.3, -0.25) is 9.59 Å². The first-order chi connectivity index (χ1) is 31.6. The van der Waals surface area contributed by atoms with Crippen molar-refractivity contribution >= 4 is 11.9 Å². The molecule has 370 valence electrons. The molecule has 0 aromatic carbocycles. The van der Waals surface area contributed by atoms with Gasteiger partial charge in [-0.1, -0.05) is 216 Å². The van der Waals surface area contributed by atoms with Gasteiger partial charge >= 0.3 is 11.9 Å². The Kier molecular flexibility index (Phi) is 52.4. The van der Waals surface area contributed by atoms with Gasteiger partial charge in [-0.2, -0.15) is 0 Å². The number of rotatable bonds is 50. The normalized spacial score (nSPS) is 12.7. The van der Waals surface area contributed by atoms with Crippen molar-refractivity contribution in [2.24, 2.45) is 0 Å². The van der Waals surface area contributed by atoms with E-state index in [9.17, 15) is 9.59 Å². The quantitative estimate of drug-likeness (QED) is 0.0346. The van der Waals surface area contributed by atoms with Crippen LogP contribution in [0.25, 0.3) is 0 Å². The van der Waals surface area contributed by atoms with E-state index in [2.05, 4.69) is 93.7 Å². The standard InChI is InChI=1S/C59H104O5/c1-4-7-10-13-16-19-22-25-28-30-32-34-37-40-43-46-49-52-58(60)63-56-57(55-62-54-51-48-45-42-39-36-33-29-26-23-20-17-14-11-8-5-2)64-59(61)53-50-47-44-41-38-35-31-27-24-21-18-15-12-9-6-3/h9,12,18,21,25-29,31,38,41,57H,4-8,10-11,13-17,19-20,22-24,30,32-37,39-40,42-56H2,1-3H3/b12-9-,21-18-,28-25-,29-26-,31-27-,41-38-. The Hall–Kier alpha value is -2.66. The Morgan fingerprint density at radius 2 is 0.703 bits per heavy atom. The average molecular weight is 893 g/mol. The van der Waals surface area contributed by atoms with Crippen molar-refractivity contribution in [3.05, 3.63) is 72.9 Å². The van der Waals surface area contributed by atoms with Crippen LogP contribution in [0.3, 0.4) is 0 Å². The molecule has 0 fully saturated rings. The van der Waals surface area contributed by atoms with Gasteiger partial charge in [0, 0.05) is 19.4 Å². The van der Waals surface area contributed by atoms with Crippen LogP contribution in [-0.4, -0.2) is 37.9 Å². The molecule has 1 atom stereocenters. The molecule has 0 aliphatic carbocycles. The van der Waals surface area contributed by atoms with Crippen molar-refractivity contribution in [3.8, 4) is 0 Å². The van der Waals surface area contributed by atoms with Crippen molar-refractivity contribution in [2.45, 2.75) is 271 Å². The third kappa shape index (κ3) is 52.0. The monoisotopic (exact) mass is 893 g/mol. The van der Waals surface area contributed by atoms with E-state index in [1.165, 1.54) is 154 Å². The van der Waals surface area contributed by atoms with E-state index in [-0.39, 0.29) is 25.2 Å². The minimum atomic E-state index is -0.565. The summed E-state index contributed by atoms with van der Waals surface area (Å²) < 4.78 is 17.4. The van der Waals surface area contributed by atoms with Gasteiger partial charge in [0.05, 0.1) is 6.61 Å². The van der Waals surface area contributed by atoms with Crippen molar-refractivity contribution in [1.29, 1.82) is 0 Å². The summed E-state index contributed by atoms with van der Waals surface area (Å²) in [6, 6.07) is 0. The SMILES string of the molecule is CC/C=C\C/C=C\C/C=C\C/C=C\CCCCC(=O)OC(COCCCCCCCC/C=C\CCCCCCCC)COC(=O)CCCCCCCCC/C=C\CCCCCCCC. The number of hydrogen-bond donors (Lipinski definition) is 0. The second kappa shape index (κ2) is 54.7. The van der Waals surface area contributed by atoms with Crippen LogP contribution in [0.15, 0.2) is 72.9 Å². The highest BCUT2D eigenvalue weighted by molar-refractivity contribution is 5.70. The molecule has 5 heteroatoms. The highest BCUT2D eigenvalue weighted by Crippen LogP contribution is 2.14. The average Bonchev–Trinajstić information content (AvgIpc) is 3.30. The van der Waals surface area contributed by atoms with Crippen LogP contribution in [-0.2, 0) is 23.8 Å². The summed E-state index contributed by atoms with van der Waals surface area (Å²) in [5, 5.41) is 0. The maximum atomic E-state index is 12.8. The molecule has 0 saturated carbocycles. The Morgan fingerprint density at radius 1 is 0.359 bits per heavy atom. The Balaban J connectivity index is 4.34. The summed E-state index contributed by atoms with van der Waals surface area (Å²) >= 11 is 0. The molecule has 0 aliphatic rings. The zero-order chi connectivity index (χ0) is 46.3. The fourth-order valence-electron chi connectivity index (χ4n) is 7.61. The third-order valence-electron chi connectivity index (χ3n) is 11.7. The molecule has 0 aromatic heterocycles. The predicted octanol–water partition coefficient (Wildman–Crippen LogP) is 18.7. The van der Waals surface area contributed by atoms with E-state index >= 15 is 0 Å².